The van der Waals surface area contributed by atoms with E-state index in [4.69, 9.17) is 14.2 Å². The molecule has 1 heterocycles. The SMILES string of the molecule is CCOc1ccc(CNC[C@H]2CCCO2)cc1OCC. The second kappa shape index (κ2) is 8.12. The van der Waals surface area contributed by atoms with Gasteiger partial charge in [0, 0.05) is 19.7 Å². The van der Waals surface area contributed by atoms with Crippen LogP contribution < -0.4 is 14.8 Å². The molecule has 0 aromatic heterocycles. The van der Waals surface area contributed by atoms with E-state index in [1.54, 1.807) is 0 Å². The maximum atomic E-state index is 5.63. The van der Waals surface area contributed by atoms with Crippen LogP contribution in [0.15, 0.2) is 18.2 Å². The minimum atomic E-state index is 0.379. The summed E-state index contributed by atoms with van der Waals surface area (Å²) in [6, 6.07) is 6.12. The Morgan fingerprint density at radius 3 is 2.70 bits per heavy atom. The maximum absolute atomic E-state index is 5.63. The molecule has 1 aliphatic heterocycles. The fraction of sp³-hybridized carbons (Fsp3) is 0.625. The summed E-state index contributed by atoms with van der Waals surface area (Å²) in [4.78, 5) is 0. The first kappa shape index (κ1) is 15.1. The van der Waals surface area contributed by atoms with E-state index in [-0.39, 0.29) is 0 Å². The van der Waals surface area contributed by atoms with E-state index in [1.165, 1.54) is 18.4 Å². The van der Waals surface area contributed by atoms with E-state index in [0.29, 0.717) is 19.3 Å². The zero-order valence-electron chi connectivity index (χ0n) is 12.5. The van der Waals surface area contributed by atoms with Gasteiger partial charge >= 0.3 is 0 Å². The molecule has 1 N–H and O–H groups in total. The highest BCUT2D eigenvalue weighted by molar-refractivity contribution is 5.43. The fourth-order valence-corrected chi connectivity index (χ4v) is 2.39. The van der Waals surface area contributed by atoms with Crippen molar-refractivity contribution in [3.8, 4) is 11.5 Å². The third kappa shape index (κ3) is 4.39. The summed E-state index contributed by atoms with van der Waals surface area (Å²) in [7, 11) is 0. The summed E-state index contributed by atoms with van der Waals surface area (Å²) >= 11 is 0. The van der Waals surface area contributed by atoms with Gasteiger partial charge < -0.3 is 19.5 Å². The lowest BCUT2D eigenvalue weighted by Crippen LogP contribution is -2.25. The molecular formula is C16H25NO3. The van der Waals surface area contributed by atoms with Gasteiger partial charge in [-0.15, -0.1) is 0 Å². The fourth-order valence-electron chi connectivity index (χ4n) is 2.39. The third-order valence-electron chi connectivity index (χ3n) is 3.33. The Morgan fingerprint density at radius 2 is 2.00 bits per heavy atom. The van der Waals surface area contributed by atoms with Crippen LogP contribution in [-0.4, -0.2) is 32.5 Å². The molecule has 2 rings (SSSR count). The van der Waals surface area contributed by atoms with Gasteiger partial charge in [-0.3, -0.25) is 0 Å². The molecule has 1 aromatic carbocycles. The average Bonchev–Trinajstić information content (AvgIpc) is 2.95. The molecule has 0 saturated carbocycles. The van der Waals surface area contributed by atoms with E-state index < -0.39 is 0 Å². The number of hydrogen-bond acceptors (Lipinski definition) is 4. The van der Waals surface area contributed by atoms with Crippen LogP contribution in [0.1, 0.15) is 32.3 Å². The highest BCUT2D eigenvalue weighted by Crippen LogP contribution is 2.28. The van der Waals surface area contributed by atoms with Gasteiger partial charge in [-0.05, 0) is 44.4 Å². The average molecular weight is 279 g/mol. The summed E-state index contributed by atoms with van der Waals surface area (Å²) in [6.07, 6.45) is 2.73. The van der Waals surface area contributed by atoms with Crippen molar-refractivity contribution in [3.63, 3.8) is 0 Å². The van der Waals surface area contributed by atoms with Crippen molar-refractivity contribution in [2.24, 2.45) is 0 Å². The normalized spacial score (nSPS) is 18.2. The second-order valence-corrected chi connectivity index (χ2v) is 4.91. The Labute approximate surface area is 121 Å². The summed E-state index contributed by atoms with van der Waals surface area (Å²) in [5.74, 6) is 1.64. The molecule has 1 saturated heterocycles. The van der Waals surface area contributed by atoms with Crippen LogP contribution in [-0.2, 0) is 11.3 Å². The zero-order chi connectivity index (χ0) is 14.2. The van der Waals surface area contributed by atoms with Crippen LogP contribution in [0.5, 0.6) is 11.5 Å². The Morgan fingerprint density at radius 1 is 1.20 bits per heavy atom. The summed E-state index contributed by atoms with van der Waals surface area (Å²) < 4.78 is 16.8. The Bertz CT molecular complexity index is 403. The van der Waals surface area contributed by atoms with Gasteiger partial charge in [-0.1, -0.05) is 6.07 Å². The number of nitrogens with one attached hydrogen (secondary N) is 1. The molecule has 1 fully saturated rings. The monoisotopic (exact) mass is 279 g/mol. The van der Waals surface area contributed by atoms with Crippen LogP contribution in [0.3, 0.4) is 0 Å². The molecule has 0 aliphatic carbocycles. The standard InChI is InChI=1S/C16H25NO3/c1-3-18-15-8-7-13(10-16(15)19-4-2)11-17-12-14-6-5-9-20-14/h7-8,10,14,17H,3-6,9,11-12H2,1-2H3/t14-/m1/s1. The Kier molecular flexibility index (Phi) is 6.15. The van der Waals surface area contributed by atoms with Crippen LogP contribution in [0, 0.1) is 0 Å². The van der Waals surface area contributed by atoms with Gasteiger partial charge in [0.1, 0.15) is 0 Å². The molecule has 0 bridgehead atoms. The van der Waals surface area contributed by atoms with E-state index in [2.05, 4.69) is 17.4 Å². The van der Waals surface area contributed by atoms with Crippen molar-refractivity contribution in [1.82, 2.24) is 5.32 Å². The number of benzene rings is 1. The molecule has 4 nitrogen and oxygen atoms in total. The van der Waals surface area contributed by atoms with Crippen LogP contribution in [0.25, 0.3) is 0 Å². The highest BCUT2D eigenvalue weighted by Gasteiger charge is 2.14. The highest BCUT2D eigenvalue weighted by atomic mass is 16.5. The van der Waals surface area contributed by atoms with Gasteiger partial charge in [-0.25, -0.2) is 0 Å². The molecule has 4 heteroatoms. The summed E-state index contributed by atoms with van der Waals surface area (Å²) in [6.45, 7) is 7.90. The van der Waals surface area contributed by atoms with Crippen LogP contribution in [0.2, 0.25) is 0 Å². The van der Waals surface area contributed by atoms with Crippen molar-refractivity contribution in [1.29, 1.82) is 0 Å². The van der Waals surface area contributed by atoms with E-state index in [1.807, 2.05) is 19.9 Å². The van der Waals surface area contributed by atoms with Crippen molar-refractivity contribution in [2.75, 3.05) is 26.4 Å². The summed E-state index contributed by atoms with van der Waals surface area (Å²) in [5, 5.41) is 3.44. The molecule has 0 unspecified atom stereocenters. The topological polar surface area (TPSA) is 39.7 Å². The van der Waals surface area contributed by atoms with Crippen LogP contribution >= 0.6 is 0 Å². The number of ether oxygens (including phenoxy) is 3. The lowest BCUT2D eigenvalue weighted by atomic mass is 10.2. The molecule has 1 atom stereocenters. The molecule has 112 valence electrons. The lowest BCUT2D eigenvalue weighted by molar-refractivity contribution is 0.110. The van der Waals surface area contributed by atoms with E-state index in [9.17, 15) is 0 Å². The predicted molar refractivity (Wildman–Crippen MR) is 79.5 cm³/mol. The van der Waals surface area contributed by atoms with Gasteiger partial charge in [-0.2, -0.15) is 0 Å². The Balaban J connectivity index is 1.88. The quantitative estimate of drug-likeness (QED) is 0.794. The maximum Gasteiger partial charge on any atom is 0.161 e. The minimum Gasteiger partial charge on any atom is -0.490 e. The first-order valence-electron chi connectivity index (χ1n) is 7.54. The molecular weight excluding hydrogens is 254 g/mol. The molecule has 20 heavy (non-hydrogen) atoms. The first-order chi connectivity index (χ1) is 9.83. The molecule has 0 radical (unpaired) electrons. The van der Waals surface area contributed by atoms with E-state index in [0.717, 1.165) is 31.2 Å². The van der Waals surface area contributed by atoms with Gasteiger partial charge in [0.25, 0.3) is 0 Å². The smallest absolute Gasteiger partial charge is 0.161 e. The van der Waals surface area contributed by atoms with Gasteiger partial charge in [0.15, 0.2) is 11.5 Å². The summed E-state index contributed by atoms with van der Waals surface area (Å²) in [5.41, 5.74) is 1.20. The zero-order valence-corrected chi connectivity index (χ0v) is 12.5. The number of rotatable bonds is 8. The van der Waals surface area contributed by atoms with Gasteiger partial charge in [0.2, 0.25) is 0 Å². The van der Waals surface area contributed by atoms with Crippen molar-refractivity contribution >= 4 is 0 Å². The number of hydrogen-bond donors (Lipinski definition) is 1. The predicted octanol–water partition coefficient (Wildman–Crippen LogP) is 2.75. The third-order valence-corrected chi connectivity index (χ3v) is 3.33. The molecule has 0 amide bonds. The first-order valence-corrected chi connectivity index (χ1v) is 7.54. The lowest BCUT2D eigenvalue weighted by Gasteiger charge is -2.14. The van der Waals surface area contributed by atoms with Gasteiger partial charge in [0.05, 0.1) is 19.3 Å². The molecule has 1 aliphatic rings. The molecule has 0 spiro atoms. The largest absolute Gasteiger partial charge is 0.490 e. The minimum absolute atomic E-state index is 0.379. The van der Waals surface area contributed by atoms with Crippen molar-refractivity contribution in [2.45, 2.75) is 39.3 Å². The second-order valence-electron chi connectivity index (χ2n) is 4.91. The Hall–Kier alpha value is -1.26. The van der Waals surface area contributed by atoms with Crippen molar-refractivity contribution < 1.29 is 14.2 Å². The van der Waals surface area contributed by atoms with E-state index >= 15 is 0 Å². The van der Waals surface area contributed by atoms with Crippen molar-refractivity contribution in [3.05, 3.63) is 23.8 Å². The van der Waals surface area contributed by atoms with Crippen LogP contribution in [0.4, 0.5) is 0 Å². The molecule has 1 aromatic rings.